The van der Waals surface area contributed by atoms with Crippen LogP contribution in [-0.4, -0.2) is 30.1 Å². The number of nitrogens with two attached hydrogens (primary N) is 1. The van der Waals surface area contributed by atoms with Crippen LogP contribution in [-0.2, 0) is 17.6 Å². The van der Waals surface area contributed by atoms with Crippen molar-refractivity contribution in [2.45, 2.75) is 53.0 Å². The zero-order valence-electron chi connectivity index (χ0n) is 20.8. The van der Waals surface area contributed by atoms with Gasteiger partial charge in [0.25, 0.3) is 5.91 Å². The summed E-state index contributed by atoms with van der Waals surface area (Å²) in [5.41, 5.74) is 10.1. The molecule has 2 aromatic heterocycles. The van der Waals surface area contributed by atoms with Gasteiger partial charge in [-0.3, -0.25) is 10.1 Å². The minimum absolute atomic E-state index is 0.183. The summed E-state index contributed by atoms with van der Waals surface area (Å²) in [6.07, 6.45) is 2.64. The second kappa shape index (κ2) is 10.3. The van der Waals surface area contributed by atoms with E-state index in [2.05, 4.69) is 37.5 Å². The maximum atomic E-state index is 13.1. The van der Waals surface area contributed by atoms with E-state index < -0.39 is 12.1 Å². The van der Waals surface area contributed by atoms with Crippen LogP contribution in [0.3, 0.4) is 0 Å². The molecule has 0 saturated carbocycles. The first-order valence-electron chi connectivity index (χ1n) is 12.1. The van der Waals surface area contributed by atoms with Gasteiger partial charge in [-0.05, 0) is 72.9 Å². The molecule has 1 aliphatic rings. The average molecular weight is 495 g/mol. The number of rotatable bonds is 6. The standard InChI is InChI=1S/C27H34N4O3S/c1-5-34-26(33)29-20-8-6-7-16(13-20)22(15-28)30-24(32)23-14-18-11-17-12-19(27(2,3)4)9-10-21(17)31-25(18)35-23/h6-8,11,13-14,19,22H,5,9-10,12,15,28H2,1-4H3,(H,29,33)(H,30,32)/t19?,22-/m1/s1. The van der Waals surface area contributed by atoms with Crippen LogP contribution in [0.2, 0.25) is 0 Å². The number of amides is 2. The number of ether oxygens (including phenoxy) is 1. The molecule has 7 nitrogen and oxygen atoms in total. The normalized spacial score (nSPS) is 16.4. The van der Waals surface area contributed by atoms with Crippen LogP contribution >= 0.6 is 11.3 Å². The third-order valence-electron chi connectivity index (χ3n) is 6.67. The molecular formula is C27H34N4O3S. The maximum Gasteiger partial charge on any atom is 0.411 e. The van der Waals surface area contributed by atoms with Crippen molar-refractivity contribution >= 4 is 39.2 Å². The Labute approximate surface area is 210 Å². The van der Waals surface area contributed by atoms with Crippen molar-refractivity contribution in [3.8, 4) is 0 Å². The number of carbonyl (C=O) groups is 2. The first kappa shape index (κ1) is 25.1. The molecule has 2 atom stereocenters. The Hall–Kier alpha value is -2.97. The highest BCUT2D eigenvalue weighted by Gasteiger charge is 2.30. The number of fused-ring (bicyclic) bond motifs is 2. The van der Waals surface area contributed by atoms with Crippen LogP contribution < -0.4 is 16.4 Å². The van der Waals surface area contributed by atoms with Gasteiger partial charge in [-0.15, -0.1) is 11.3 Å². The van der Waals surface area contributed by atoms with Gasteiger partial charge in [0.1, 0.15) is 4.83 Å². The lowest BCUT2D eigenvalue weighted by Gasteiger charge is -2.34. The van der Waals surface area contributed by atoms with Crippen molar-refractivity contribution in [2.24, 2.45) is 17.1 Å². The van der Waals surface area contributed by atoms with Gasteiger partial charge >= 0.3 is 6.09 Å². The topological polar surface area (TPSA) is 106 Å². The van der Waals surface area contributed by atoms with Gasteiger partial charge in [-0.1, -0.05) is 32.9 Å². The highest BCUT2D eigenvalue weighted by Crippen LogP contribution is 2.38. The number of carbonyl (C=O) groups excluding carboxylic acids is 2. The van der Waals surface area contributed by atoms with Gasteiger partial charge in [-0.25, -0.2) is 9.78 Å². The molecule has 35 heavy (non-hydrogen) atoms. The Kier molecular flexibility index (Phi) is 7.42. The van der Waals surface area contributed by atoms with E-state index in [4.69, 9.17) is 15.5 Å². The van der Waals surface area contributed by atoms with E-state index in [0.717, 1.165) is 40.7 Å². The summed E-state index contributed by atoms with van der Waals surface area (Å²) in [6.45, 7) is 9.17. The van der Waals surface area contributed by atoms with E-state index in [-0.39, 0.29) is 24.5 Å². The Morgan fingerprint density at radius 3 is 2.77 bits per heavy atom. The van der Waals surface area contributed by atoms with Crippen molar-refractivity contribution in [2.75, 3.05) is 18.5 Å². The van der Waals surface area contributed by atoms with Crippen LogP contribution in [0.15, 0.2) is 36.4 Å². The second-order valence-corrected chi connectivity index (χ2v) is 11.2. The largest absolute Gasteiger partial charge is 0.450 e. The van der Waals surface area contributed by atoms with Crippen LogP contribution in [0.25, 0.3) is 10.2 Å². The third-order valence-corrected chi connectivity index (χ3v) is 7.72. The lowest BCUT2D eigenvalue weighted by Crippen LogP contribution is -2.33. The molecule has 1 aliphatic carbocycles. The molecule has 2 amide bonds. The van der Waals surface area contributed by atoms with E-state index in [1.54, 1.807) is 19.1 Å². The number of hydrogen-bond donors (Lipinski definition) is 3. The maximum absolute atomic E-state index is 13.1. The fraction of sp³-hybridized carbons (Fsp3) is 0.444. The van der Waals surface area contributed by atoms with Gasteiger partial charge in [-0.2, -0.15) is 0 Å². The zero-order chi connectivity index (χ0) is 25.2. The van der Waals surface area contributed by atoms with Crippen LogP contribution in [0.5, 0.6) is 0 Å². The summed E-state index contributed by atoms with van der Waals surface area (Å²) in [7, 11) is 0. The van der Waals surface area contributed by atoms with Crippen LogP contribution in [0.1, 0.15) is 66.7 Å². The molecule has 0 fully saturated rings. The molecule has 0 radical (unpaired) electrons. The summed E-state index contributed by atoms with van der Waals surface area (Å²) in [6, 6.07) is 11.0. The van der Waals surface area contributed by atoms with Crippen molar-refractivity contribution in [3.05, 3.63) is 58.1 Å². The number of nitrogens with zero attached hydrogens (tertiary/aromatic N) is 1. The number of thiophene rings is 1. The quantitative estimate of drug-likeness (QED) is 0.423. The van der Waals surface area contributed by atoms with Gasteiger partial charge in [0.2, 0.25) is 0 Å². The number of aryl methyl sites for hydroxylation is 1. The van der Waals surface area contributed by atoms with Gasteiger partial charge in [0.05, 0.1) is 17.5 Å². The van der Waals surface area contributed by atoms with Gasteiger partial charge in [0, 0.05) is 23.3 Å². The molecule has 0 aliphatic heterocycles. The van der Waals surface area contributed by atoms with Crippen molar-refractivity contribution in [3.63, 3.8) is 0 Å². The molecule has 0 spiro atoms. The first-order chi connectivity index (χ1) is 16.7. The van der Waals surface area contributed by atoms with E-state index in [9.17, 15) is 9.59 Å². The number of benzene rings is 1. The molecule has 0 bridgehead atoms. The lowest BCUT2D eigenvalue weighted by atomic mass is 9.71. The molecule has 0 saturated heterocycles. The predicted octanol–water partition coefficient (Wildman–Crippen LogP) is 5.45. The number of anilines is 1. The summed E-state index contributed by atoms with van der Waals surface area (Å²) in [5.74, 6) is 0.452. The highest BCUT2D eigenvalue weighted by molar-refractivity contribution is 7.20. The molecule has 1 aromatic carbocycles. The molecule has 8 heteroatoms. The predicted molar refractivity (Wildman–Crippen MR) is 141 cm³/mol. The third kappa shape index (κ3) is 5.82. The minimum Gasteiger partial charge on any atom is -0.450 e. The molecule has 3 aromatic rings. The Bertz CT molecular complexity index is 1230. The van der Waals surface area contributed by atoms with Crippen molar-refractivity contribution in [1.29, 1.82) is 0 Å². The van der Waals surface area contributed by atoms with Crippen molar-refractivity contribution < 1.29 is 14.3 Å². The fourth-order valence-corrected chi connectivity index (χ4v) is 5.54. The number of nitrogens with one attached hydrogen (secondary N) is 2. The van der Waals surface area contributed by atoms with Gasteiger partial charge < -0.3 is 15.8 Å². The molecule has 2 heterocycles. The number of hydrogen-bond acceptors (Lipinski definition) is 6. The molecule has 186 valence electrons. The Morgan fingerprint density at radius 2 is 2.06 bits per heavy atom. The van der Waals surface area contributed by atoms with E-state index in [0.29, 0.717) is 16.5 Å². The average Bonchev–Trinajstić information content (AvgIpc) is 3.23. The second-order valence-electron chi connectivity index (χ2n) is 10.1. The fourth-order valence-electron chi connectivity index (χ4n) is 4.60. The SMILES string of the molecule is CCOC(=O)Nc1cccc([C@@H](CN)NC(=O)c2cc3cc4c(nc3s2)CCC(C(C)(C)C)C4)c1. The molecule has 4 rings (SSSR count). The summed E-state index contributed by atoms with van der Waals surface area (Å²) in [4.78, 5) is 31.3. The Morgan fingerprint density at radius 1 is 1.26 bits per heavy atom. The molecule has 4 N–H and O–H groups in total. The lowest BCUT2D eigenvalue weighted by molar-refractivity contribution is 0.0942. The van der Waals surface area contributed by atoms with Crippen molar-refractivity contribution in [1.82, 2.24) is 10.3 Å². The zero-order valence-corrected chi connectivity index (χ0v) is 21.6. The number of pyridine rings is 1. The van der Waals surface area contributed by atoms with Gasteiger partial charge in [0.15, 0.2) is 0 Å². The summed E-state index contributed by atoms with van der Waals surface area (Å²) < 4.78 is 4.93. The van der Waals surface area contributed by atoms with E-state index in [1.165, 1.54) is 16.9 Å². The highest BCUT2D eigenvalue weighted by atomic mass is 32.1. The monoisotopic (exact) mass is 494 g/mol. The minimum atomic E-state index is -0.521. The number of aromatic nitrogens is 1. The summed E-state index contributed by atoms with van der Waals surface area (Å²) >= 11 is 1.41. The smallest absolute Gasteiger partial charge is 0.411 e. The van der Waals surface area contributed by atoms with Crippen LogP contribution in [0.4, 0.5) is 10.5 Å². The first-order valence-corrected chi connectivity index (χ1v) is 13.0. The molecule has 1 unspecified atom stereocenters. The van der Waals surface area contributed by atoms with Crippen LogP contribution in [0, 0.1) is 11.3 Å². The molecular weight excluding hydrogens is 460 g/mol. The van der Waals surface area contributed by atoms with E-state index >= 15 is 0 Å². The Balaban J connectivity index is 1.51. The summed E-state index contributed by atoms with van der Waals surface area (Å²) in [5, 5.41) is 6.73. The van der Waals surface area contributed by atoms with E-state index in [1.807, 2.05) is 18.2 Å².